The van der Waals surface area contributed by atoms with Crippen LogP contribution in [0.25, 0.3) is 17.3 Å². The van der Waals surface area contributed by atoms with Gasteiger partial charge in [0, 0.05) is 17.3 Å². The fourth-order valence-corrected chi connectivity index (χ4v) is 3.62. The van der Waals surface area contributed by atoms with E-state index in [4.69, 9.17) is 17.3 Å². The van der Waals surface area contributed by atoms with Gasteiger partial charge >= 0.3 is 12.1 Å². The van der Waals surface area contributed by atoms with Crippen molar-refractivity contribution >= 4 is 46.3 Å². The lowest BCUT2D eigenvalue weighted by Gasteiger charge is -2.10. The Hall–Kier alpha value is -2.66. The maximum absolute atomic E-state index is 12.7. The molecule has 2 N–H and O–H groups in total. The van der Waals surface area contributed by atoms with E-state index >= 15 is 0 Å². The van der Waals surface area contributed by atoms with Gasteiger partial charge in [0.15, 0.2) is 0 Å². The number of carboxylic acid groups (broad SMARTS) is 1. The summed E-state index contributed by atoms with van der Waals surface area (Å²) in [6.45, 7) is -0.543. The van der Waals surface area contributed by atoms with Crippen molar-refractivity contribution < 1.29 is 27.9 Å². The minimum Gasteiger partial charge on any atom is -0.480 e. The van der Waals surface area contributed by atoms with Crippen LogP contribution in [0.1, 0.15) is 11.1 Å². The molecule has 0 spiro atoms. The number of thiocarbonyl (C=S) groups is 1. The van der Waals surface area contributed by atoms with E-state index in [9.17, 15) is 22.8 Å². The Morgan fingerprint density at radius 3 is 2.59 bits per heavy atom. The highest BCUT2D eigenvalue weighted by Crippen LogP contribution is 2.35. The third-order valence-corrected chi connectivity index (χ3v) is 4.99. The van der Waals surface area contributed by atoms with Crippen LogP contribution in [-0.2, 0) is 15.8 Å². The number of halogens is 3. The zero-order valence-electron chi connectivity index (χ0n) is 13.3. The summed E-state index contributed by atoms with van der Waals surface area (Å²) in [5.41, 5.74) is 0.465. The van der Waals surface area contributed by atoms with Gasteiger partial charge in [0.05, 0.1) is 16.2 Å². The number of alkyl halides is 3. The van der Waals surface area contributed by atoms with Gasteiger partial charge in [0.25, 0.3) is 5.91 Å². The largest absolute Gasteiger partial charge is 0.480 e. The van der Waals surface area contributed by atoms with Crippen LogP contribution >= 0.6 is 24.0 Å². The van der Waals surface area contributed by atoms with Crippen molar-refractivity contribution in [3.05, 3.63) is 46.5 Å². The van der Waals surface area contributed by atoms with Crippen LogP contribution in [-0.4, -0.2) is 42.9 Å². The summed E-state index contributed by atoms with van der Waals surface area (Å²) in [5.74, 6) is -1.74. The first-order chi connectivity index (χ1) is 12.7. The number of hydrogen-bond donors (Lipinski definition) is 2. The topological polar surface area (TPSA) is 86.3 Å². The smallest absolute Gasteiger partial charge is 0.416 e. The number of amides is 1. The number of aliphatic carboxylic acids is 1. The van der Waals surface area contributed by atoms with Gasteiger partial charge in [-0.05, 0) is 18.2 Å². The summed E-state index contributed by atoms with van der Waals surface area (Å²) in [5, 5.41) is 15.5. The number of thioether (sulfide) groups is 1. The van der Waals surface area contributed by atoms with Crippen LogP contribution in [0.15, 0.2) is 35.4 Å². The first-order valence-electron chi connectivity index (χ1n) is 7.35. The molecule has 27 heavy (non-hydrogen) atoms. The lowest BCUT2D eigenvalue weighted by atomic mass is 10.1. The van der Waals surface area contributed by atoms with Gasteiger partial charge in [-0.3, -0.25) is 19.6 Å². The summed E-state index contributed by atoms with van der Waals surface area (Å²) in [6, 6.07) is 4.46. The molecule has 1 aliphatic heterocycles. The summed E-state index contributed by atoms with van der Waals surface area (Å²) in [4.78, 5) is 24.3. The molecule has 140 valence electrons. The maximum atomic E-state index is 12.7. The second-order valence-electron chi connectivity index (χ2n) is 5.43. The van der Waals surface area contributed by atoms with Crippen LogP contribution < -0.4 is 0 Å². The van der Waals surface area contributed by atoms with Gasteiger partial charge in [0.1, 0.15) is 10.9 Å². The van der Waals surface area contributed by atoms with Crippen molar-refractivity contribution in [3.63, 3.8) is 0 Å². The zero-order valence-corrected chi connectivity index (χ0v) is 14.9. The zero-order chi connectivity index (χ0) is 19.8. The second-order valence-corrected chi connectivity index (χ2v) is 7.10. The van der Waals surface area contributed by atoms with Gasteiger partial charge < -0.3 is 5.11 Å². The molecule has 0 atom stereocenters. The molecule has 1 aromatic heterocycles. The van der Waals surface area contributed by atoms with Gasteiger partial charge in [0.2, 0.25) is 0 Å². The fraction of sp³-hybridized carbons (Fsp3) is 0.125. The average Bonchev–Trinajstić information content (AvgIpc) is 3.14. The molecule has 1 saturated heterocycles. The van der Waals surface area contributed by atoms with Crippen LogP contribution in [0.3, 0.4) is 0 Å². The number of H-pyrrole nitrogens is 1. The van der Waals surface area contributed by atoms with Crippen molar-refractivity contribution in [1.29, 1.82) is 0 Å². The van der Waals surface area contributed by atoms with Crippen molar-refractivity contribution in [2.75, 3.05) is 6.54 Å². The Morgan fingerprint density at radius 2 is 2.00 bits per heavy atom. The Kier molecular flexibility index (Phi) is 5.07. The Labute approximate surface area is 160 Å². The summed E-state index contributed by atoms with van der Waals surface area (Å²) in [6.07, 6.45) is -1.49. The van der Waals surface area contributed by atoms with Gasteiger partial charge in [-0.1, -0.05) is 36.1 Å². The van der Waals surface area contributed by atoms with Crippen molar-refractivity contribution in [1.82, 2.24) is 15.1 Å². The molecule has 0 saturated carbocycles. The molecule has 0 aliphatic carbocycles. The maximum Gasteiger partial charge on any atom is 0.416 e. The lowest BCUT2D eigenvalue weighted by molar-refractivity contribution is -0.140. The van der Waals surface area contributed by atoms with E-state index in [0.717, 1.165) is 28.8 Å². The number of rotatable bonds is 4. The van der Waals surface area contributed by atoms with Crippen molar-refractivity contribution in [2.24, 2.45) is 0 Å². The summed E-state index contributed by atoms with van der Waals surface area (Å²) >= 11 is 5.96. The van der Waals surface area contributed by atoms with E-state index in [0.29, 0.717) is 16.8 Å². The number of aromatic nitrogens is 2. The molecule has 1 aliphatic rings. The highest BCUT2D eigenvalue weighted by molar-refractivity contribution is 8.26. The highest BCUT2D eigenvalue weighted by Gasteiger charge is 2.34. The fourth-order valence-electron chi connectivity index (χ4n) is 2.37. The van der Waals surface area contributed by atoms with Crippen LogP contribution in [0.4, 0.5) is 13.2 Å². The molecule has 1 amide bonds. The molecule has 3 rings (SSSR count). The monoisotopic (exact) mass is 413 g/mol. The molecular formula is C16H10F3N3O3S2. The van der Waals surface area contributed by atoms with Crippen LogP contribution in [0.2, 0.25) is 0 Å². The molecule has 0 unspecified atom stereocenters. The second kappa shape index (κ2) is 7.16. The minimum absolute atomic E-state index is 0.119. The molecule has 0 radical (unpaired) electrons. The number of benzene rings is 1. The summed E-state index contributed by atoms with van der Waals surface area (Å²) in [7, 11) is 0. The predicted molar refractivity (Wildman–Crippen MR) is 96.5 cm³/mol. The van der Waals surface area contributed by atoms with Crippen LogP contribution in [0.5, 0.6) is 0 Å². The molecule has 11 heteroatoms. The van der Waals surface area contributed by atoms with Crippen LogP contribution in [0, 0.1) is 0 Å². The SMILES string of the molecule is O=C(O)CN1C(=O)C(=Cc2c[nH]nc2-c2ccc(C(F)(F)F)cc2)SC1=S. The first kappa shape index (κ1) is 19.1. The van der Waals surface area contributed by atoms with E-state index in [2.05, 4.69) is 10.2 Å². The molecule has 6 nitrogen and oxygen atoms in total. The number of carbonyl (C=O) groups excluding carboxylic acids is 1. The third kappa shape index (κ3) is 4.03. The van der Waals surface area contributed by atoms with Crippen molar-refractivity contribution in [2.45, 2.75) is 6.18 Å². The first-order valence-corrected chi connectivity index (χ1v) is 8.58. The lowest BCUT2D eigenvalue weighted by Crippen LogP contribution is -2.33. The van der Waals surface area contributed by atoms with Crippen molar-refractivity contribution in [3.8, 4) is 11.3 Å². The third-order valence-electron chi connectivity index (χ3n) is 3.61. The number of hydrogen-bond acceptors (Lipinski definition) is 5. The predicted octanol–water partition coefficient (Wildman–Crippen LogP) is 3.38. The number of nitrogens with one attached hydrogen (secondary N) is 1. The molecule has 2 heterocycles. The average molecular weight is 413 g/mol. The van der Waals surface area contributed by atoms with E-state index in [1.165, 1.54) is 24.4 Å². The van der Waals surface area contributed by atoms with E-state index in [1.807, 2.05) is 0 Å². The van der Waals surface area contributed by atoms with E-state index in [1.54, 1.807) is 0 Å². The Balaban J connectivity index is 1.90. The molecule has 1 aromatic carbocycles. The number of carboxylic acids is 1. The van der Waals surface area contributed by atoms with Gasteiger partial charge in [-0.2, -0.15) is 18.3 Å². The summed E-state index contributed by atoms with van der Waals surface area (Å²) < 4.78 is 38.2. The van der Waals surface area contributed by atoms with E-state index in [-0.39, 0.29) is 9.23 Å². The highest BCUT2D eigenvalue weighted by atomic mass is 32.2. The molecule has 1 fully saturated rings. The normalized spacial score (nSPS) is 16.4. The number of carbonyl (C=O) groups is 2. The number of aromatic amines is 1. The Bertz CT molecular complexity index is 952. The van der Waals surface area contributed by atoms with Gasteiger partial charge in [-0.25, -0.2) is 0 Å². The molecule has 0 bridgehead atoms. The molecule has 2 aromatic rings. The quantitative estimate of drug-likeness (QED) is 0.590. The molecular weight excluding hydrogens is 403 g/mol. The van der Waals surface area contributed by atoms with E-state index < -0.39 is 30.2 Å². The van der Waals surface area contributed by atoms with Gasteiger partial charge in [-0.15, -0.1) is 0 Å². The standard InChI is InChI=1S/C16H10F3N3O3S2/c17-16(18,19)10-3-1-8(2-4-10)13-9(6-20-21-13)5-11-14(25)22(7-12(23)24)15(26)27-11/h1-6H,7H2,(H,20,21)(H,23,24). The Morgan fingerprint density at radius 1 is 1.33 bits per heavy atom. The number of nitrogens with zero attached hydrogens (tertiary/aromatic N) is 2. The minimum atomic E-state index is -4.44.